The predicted molar refractivity (Wildman–Crippen MR) is 112 cm³/mol. The lowest BCUT2D eigenvalue weighted by Crippen LogP contribution is -2.23. The molecule has 0 bridgehead atoms. The molecule has 3 aromatic rings. The summed E-state index contributed by atoms with van der Waals surface area (Å²) in [7, 11) is 0. The molecule has 0 fully saturated rings. The van der Waals surface area contributed by atoms with Crippen LogP contribution >= 0.6 is 11.3 Å². The number of rotatable bonds is 7. The van der Waals surface area contributed by atoms with Crippen molar-refractivity contribution in [2.24, 2.45) is 0 Å². The summed E-state index contributed by atoms with van der Waals surface area (Å²) >= 11 is 1.55. The molecule has 142 valence electrons. The Kier molecular flexibility index (Phi) is 6.78. The van der Waals surface area contributed by atoms with Gasteiger partial charge in [-0.25, -0.2) is 0 Å². The second-order valence-corrected chi connectivity index (χ2v) is 7.09. The number of nitrogens with zero attached hydrogens (tertiary/aromatic N) is 2. The van der Waals surface area contributed by atoms with Gasteiger partial charge < -0.3 is 10.1 Å². The average molecular weight is 399 g/mol. The van der Waals surface area contributed by atoms with E-state index in [2.05, 4.69) is 11.4 Å². The van der Waals surface area contributed by atoms with Crippen LogP contribution in [0.3, 0.4) is 0 Å². The molecule has 1 amide bonds. The highest BCUT2D eigenvalue weighted by atomic mass is 32.1. The van der Waals surface area contributed by atoms with Gasteiger partial charge in [-0.3, -0.25) is 4.79 Å². The second kappa shape index (κ2) is 9.89. The predicted octanol–water partition coefficient (Wildman–Crippen LogP) is 4.42. The van der Waals surface area contributed by atoms with Crippen LogP contribution in [0, 0.1) is 22.7 Å². The van der Waals surface area contributed by atoms with Gasteiger partial charge in [0.05, 0.1) is 18.2 Å². The van der Waals surface area contributed by atoms with Crippen molar-refractivity contribution < 1.29 is 9.53 Å². The maximum absolute atomic E-state index is 12.2. The van der Waals surface area contributed by atoms with E-state index in [1.807, 2.05) is 41.8 Å². The van der Waals surface area contributed by atoms with Crippen LogP contribution in [0.2, 0.25) is 0 Å². The van der Waals surface area contributed by atoms with Gasteiger partial charge in [-0.1, -0.05) is 36.4 Å². The fourth-order valence-corrected chi connectivity index (χ4v) is 3.21. The van der Waals surface area contributed by atoms with E-state index in [1.54, 1.807) is 47.7 Å². The average Bonchev–Trinajstić information content (AvgIpc) is 3.29. The number of amides is 1. The monoisotopic (exact) mass is 399 g/mol. The van der Waals surface area contributed by atoms with E-state index < -0.39 is 5.91 Å². The Labute approximate surface area is 173 Å². The minimum Gasteiger partial charge on any atom is -0.489 e. The fourth-order valence-electron chi connectivity index (χ4n) is 2.57. The SMILES string of the molecule is N#C/C(=C\c1ccc(OCc2ccccc2C#N)cc1)C(=O)NCc1cccs1. The molecule has 5 nitrogen and oxygen atoms in total. The van der Waals surface area contributed by atoms with Crippen molar-refractivity contribution in [3.05, 3.63) is 93.2 Å². The van der Waals surface area contributed by atoms with Gasteiger partial charge in [-0.2, -0.15) is 10.5 Å². The molecule has 2 aromatic carbocycles. The van der Waals surface area contributed by atoms with E-state index in [0.29, 0.717) is 17.9 Å². The van der Waals surface area contributed by atoms with Gasteiger partial charge in [-0.15, -0.1) is 11.3 Å². The largest absolute Gasteiger partial charge is 0.489 e. The van der Waals surface area contributed by atoms with Gasteiger partial charge in [0.1, 0.15) is 24.0 Å². The molecule has 29 heavy (non-hydrogen) atoms. The standard InChI is InChI=1S/C23H17N3O2S/c24-13-18-4-1-2-5-19(18)16-28-21-9-7-17(8-10-21)12-20(14-25)23(27)26-15-22-6-3-11-29-22/h1-12H,15-16H2,(H,26,27)/b20-12+. The smallest absolute Gasteiger partial charge is 0.262 e. The first kappa shape index (κ1) is 19.9. The van der Waals surface area contributed by atoms with Crippen LogP contribution in [-0.4, -0.2) is 5.91 Å². The minimum absolute atomic E-state index is 0.0400. The Morgan fingerprint density at radius 1 is 1.07 bits per heavy atom. The molecule has 0 saturated heterocycles. The number of ether oxygens (including phenoxy) is 1. The number of benzene rings is 2. The Hall–Kier alpha value is -3.87. The van der Waals surface area contributed by atoms with Gasteiger partial charge >= 0.3 is 0 Å². The number of hydrogen-bond donors (Lipinski definition) is 1. The first-order valence-corrected chi connectivity index (χ1v) is 9.71. The Balaban J connectivity index is 1.61. The molecule has 0 atom stereocenters. The number of carbonyl (C=O) groups excluding carboxylic acids is 1. The Morgan fingerprint density at radius 2 is 1.86 bits per heavy atom. The quantitative estimate of drug-likeness (QED) is 0.471. The van der Waals surface area contributed by atoms with Crippen molar-refractivity contribution in [1.82, 2.24) is 5.32 Å². The summed E-state index contributed by atoms with van der Waals surface area (Å²) in [4.78, 5) is 13.2. The molecule has 0 radical (unpaired) electrons. The van der Waals surface area contributed by atoms with Crippen molar-refractivity contribution in [3.8, 4) is 17.9 Å². The number of nitriles is 2. The summed E-state index contributed by atoms with van der Waals surface area (Å²) in [5, 5.41) is 23.1. The van der Waals surface area contributed by atoms with Gasteiger partial charge in [0.15, 0.2) is 0 Å². The minimum atomic E-state index is -0.408. The summed E-state index contributed by atoms with van der Waals surface area (Å²) in [6, 6.07) is 22.3. The summed E-state index contributed by atoms with van der Waals surface area (Å²) in [5.74, 6) is 0.227. The zero-order valence-electron chi connectivity index (χ0n) is 15.5. The van der Waals surface area contributed by atoms with Crippen LogP contribution in [0.25, 0.3) is 6.08 Å². The van der Waals surface area contributed by atoms with Crippen molar-refractivity contribution in [2.45, 2.75) is 13.2 Å². The lowest BCUT2D eigenvalue weighted by Gasteiger charge is -2.08. The Morgan fingerprint density at radius 3 is 2.55 bits per heavy atom. The first-order valence-electron chi connectivity index (χ1n) is 8.83. The molecule has 6 heteroatoms. The molecule has 0 unspecified atom stereocenters. The maximum Gasteiger partial charge on any atom is 0.262 e. The Bertz CT molecular complexity index is 1090. The van der Waals surface area contributed by atoms with Crippen LogP contribution in [-0.2, 0) is 17.9 Å². The highest BCUT2D eigenvalue weighted by molar-refractivity contribution is 7.09. The normalized spacial score (nSPS) is 10.6. The lowest BCUT2D eigenvalue weighted by atomic mass is 10.1. The molecule has 0 spiro atoms. The lowest BCUT2D eigenvalue weighted by molar-refractivity contribution is -0.117. The third-order valence-corrected chi connectivity index (χ3v) is 4.97. The number of nitrogens with one attached hydrogen (secondary N) is 1. The van der Waals surface area contributed by atoms with Crippen LogP contribution in [0.15, 0.2) is 71.6 Å². The van der Waals surface area contributed by atoms with Crippen LogP contribution in [0.1, 0.15) is 21.6 Å². The number of hydrogen-bond acceptors (Lipinski definition) is 5. The van der Waals surface area contributed by atoms with Gasteiger partial charge in [0.25, 0.3) is 5.91 Å². The van der Waals surface area contributed by atoms with Crippen molar-refractivity contribution in [2.75, 3.05) is 0 Å². The first-order chi connectivity index (χ1) is 14.2. The number of carbonyl (C=O) groups is 1. The third-order valence-electron chi connectivity index (χ3n) is 4.09. The van der Waals surface area contributed by atoms with Crippen molar-refractivity contribution in [3.63, 3.8) is 0 Å². The third kappa shape index (κ3) is 5.55. The summed E-state index contributed by atoms with van der Waals surface area (Å²) in [5.41, 5.74) is 2.16. The van der Waals surface area contributed by atoms with E-state index in [4.69, 9.17) is 10.00 Å². The van der Waals surface area contributed by atoms with E-state index in [0.717, 1.165) is 16.0 Å². The summed E-state index contributed by atoms with van der Waals surface area (Å²) < 4.78 is 5.73. The van der Waals surface area contributed by atoms with Gasteiger partial charge in [0.2, 0.25) is 0 Å². The molecular weight excluding hydrogens is 382 g/mol. The zero-order chi connectivity index (χ0) is 20.5. The van der Waals surface area contributed by atoms with Crippen molar-refractivity contribution in [1.29, 1.82) is 10.5 Å². The number of thiophene rings is 1. The fraction of sp³-hybridized carbons (Fsp3) is 0.0870. The molecule has 0 aliphatic carbocycles. The topological polar surface area (TPSA) is 85.9 Å². The molecular formula is C23H17N3O2S. The van der Waals surface area contributed by atoms with Gasteiger partial charge in [-0.05, 0) is 41.3 Å². The van der Waals surface area contributed by atoms with Crippen LogP contribution < -0.4 is 10.1 Å². The van der Waals surface area contributed by atoms with Crippen LogP contribution in [0.4, 0.5) is 0 Å². The molecule has 0 aliphatic heterocycles. The van der Waals surface area contributed by atoms with Crippen molar-refractivity contribution >= 4 is 23.3 Å². The highest BCUT2D eigenvalue weighted by Gasteiger charge is 2.09. The summed E-state index contributed by atoms with van der Waals surface area (Å²) in [6.45, 7) is 0.681. The van der Waals surface area contributed by atoms with Crippen LogP contribution in [0.5, 0.6) is 5.75 Å². The zero-order valence-corrected chi connectivity index (χ0v) is 16.3. The molecule has 3 rings (SSSR count). The maximum atomic E-state index is 12.2. The highest BCUT2D eigenvalue weighted by Crippen LogP contribution is 2.17. The molecule has 0 saturated carbocycles. The van der Waals surface area contributed by atoms with Gasteiger partial charge in [0, 0.05) is 10.4 Å². The molecule has 1 N–H and O–H groups in total. The van der Waals surface area contributed by atoms with E-state index >= 15 is 0 Å². The molecule has 1 heterocycles. The van der Waals surface area contributed by atoms with E-state index in [1.165, 1.54) is 0 Å². The van der Waals surface area contributed by atoms with E-state index in [9.17, 15) is 10.1 Å². The molecule has 0 aliphatic rings. The summed E-state index contributed by atoms with van der Waals surface area (Å²) in [6.07, 6.45) is 1.54. The second-order valence-electron chi connectivity index (χ2n) is 6.06. The van der Waals surface area contributed by atoms with E-state index in [-0.39, 0.29) is 12.2 Å². The molecule has 1 aromatic heterocycles.